The lowest BCUT2D eigenvalue weighted by Crippen LogP contribution is -2.42. The number of hydrogen-bond donors (Lipinski definition) is 2. The van der Waals surface area contributed by atoms with Crippen LogP contribution in [0.3, 0.4) is 0 Å². The molecule has 2 amide bonds. The number of aryl methyl sites for hydroxylation is 1. The summed E-state index contributed by atoms with van der Waals surface area (Å²) in [7, 11) is 0. The fourth-order valence-corrected chi connectivity index (χ4v) is 2.48. The van der Waals surface area contributed by atoms with Crippen molar-refractivity contribution in [2.45, 2.75) is 13.3 Å². The number of amides is 2. The first-order valence-electron chi connectivity index (χ1n) is 7.74. The molecule has 1 aromatic heterocycles. The summed E-state index contributed by atoms with van der Waals surface area (Å²) in [5.74, 6) is -0.981. The van der Waals surface area contributed by atoms with Crippen molar-refractivity contribution in [3.05, 3.63) is 75.5 Å². The number of carbonyl (C=O) groups excluding carboxylic acids is 2. The number of non-ortho nitro benzene ring substituents is 1. The molecule has 0 spiro atoms. The molecule has 132 valence electrons. The molecule has 0 aliphatic carbocycles. The van der Waals surface area contributed by atoms with E-state index in [1.165, 1.54) is 30.5 Å². The molecule has 0 aliphatic rings. The molecule has 26 heavy (non-hydrogen) atoms. The van der Waals surface area contributed by atoms with E-state index in [4.69, 9.17) is 4.42 Å². The summed E-state index contributed by atoms with van der Waals surface area (Å²) in [6, 6.07) is 10.7. The number of nitrogens with one attached hydrogen (secondary N) is 2. The predicted molar refractivity (Wildman–Crippen MR) is 93.4 cm³/mol. The highest BCUT2D eigenvalue weighted by Crippen LogP contribution is 2.22. The minimum absolute atomic E-state index is 0.0387. The smallest absolute Gasteiger partial charge is 0.269 e. The lowest BCUT2D eigenvalue weighted by atomic mass is 10.1. The quantitative estimate of drug-likeness (QED) is 0.553. The van der Waals surface area contributed by atoms with Crippen LogP contribution in [0.25, 0.3) is 11.0 Å². The number of nitro benzene ring substituents is 1. The number of nitrogens with zero attached hydrogens (tertiary/aromatic N) is 1. The summed E-state index contributed by atoms with van der Waals surface area (Å²) in [6.45, 7) is 1.95. The van der Waals surface area contributed by atoms with Gasteiger partial charge in [0, 0.05) is 28.6 Å². The Hall–Kier alpha value is -3.68. The average Bonchev–Trinajstić information content (AvgIpc) is 3.01. The van der Waals surface area contributed by atoms with Crippen molar-refractivity contribution in [2.24, 2.45) is 0 Å². The van der Waals surface area contributed by atoms with Crippen LogP contribution in [0.4, 0.5) is 5.69 Å². The van der Waals surface area contributed by atoms with Crippen molar-refractivity contribution >= 4 is 28.5 Å². The second-order valence-corrected chi connectivity index (χ2v) is 5.74. The molecular formula is C18H15N3O5. The lowest BCUT2D eigenvalue weighted by molar-refractivity contribution is -0.384. The summed E-state index contributed by atoms with van der Waals surface area (Å²) in [5, 5.41) is 11.5. The molecule has 0 aliphatic heterocycles. The first-order valence-corrected chi connectivity index (χ1v) is 7.74. The molecular weight excluding hydrogens is 338 g/mol. The molecule has 3 aromatic rings. The molecule has 2 N–H and O–H groups in total. The van der Waals surface area contributed by atoms with Crippen molar-refractivity contribution in [3.8, 4) is 0 Å². The molecule has 0 fully saturated rings. The van der Waals surface area contributed by atoms with Crippen LogP contribution in [0.15, 0.2) is 53.1 Å². The molecule has 0 atom stereocenters. The fourth-order valence-electron chi connectivity index (χ4n) is 2.48. The van der Waals surface area contributed by atoms with Crippen LogP contribution < -0.4 is 10.9 Å². The van der Waals surface area contributed by atoms with Crippen molar-refractivity contribution in [3.63, 3.8) is 0 Å². The summed E-state index contributed by atoms with van der Waals surface area (Å²) >= 11 is 0. The number of hydrogen-bond acceptors (Lipinski definition) is 5. The van der Waals surface area contributed by atoms with Gasteiger partial charge in [0.1, 0.15) is 5.58 Å². The number of benzene rings is 2. The normalized spacial score (nSPS) is 10.5. The second kappa shape index (κ2) is 7.06. The summed E-state index contributed by atoms with van der Waals surface area (Å²) < 4.78 is 5.41. The summed E-state index contributed by atoms with van der Waals surface area (Å²) in [4.78, 5) is 34.1. The fraction of sp³-hybridized carbons (Fsp3) is 0.111. The minimum Gasteiger partial charge on any atom is -0.464 e. The van der Waals surface area contributed by atoms with Crippen LogP contribution >= 0.6 is 0 Å². The average molecular weight is 353 g/mol. The highest BCUT2D eigenvalue weighted by Gasteiger charge is 2.13. The predicted octanol–water partition coefficient (Wildman–Crippen LogP) is 2.65. The maximum Gasteiger partial charge on any atom is 0.269 e. The van der Waals surface area contributed by atoms with E-state index in [1.807, 2.05) is 25.1 Å². The molecule has 3 rings (SSSR count). The lowest BCUT2D eigenvalue weighted by Gasteiger charge is -2.07. The zero-order chi connectivity index (χ0) is 18.7. The third-order valence-electron chi connectivity index (χ3n) is 3.82. The Bertz CT molecular complexity index is 992. The number of nitro groups is 1. The van der Waals surface area contributed by atoms with E-state index >= 15 is 0 Å². The van der Waals surface area contributed by atoms with E-state index in [9.17, 15) is 19.7 Å². The van der Waals surface area contributed by atoms with Crippen molar-refractivity contribution in [2.75, 3.05) is 0 Å². The van der Waals surface area contributed by atoms with E-state index < -0.39 is 16.7 Å². The topological polar surface area (TPSA) is 114 Å². The van der Waals surface area contributed by atoms with E-state index in [0.717, 1.165) is 10.9 Å². The molecule has 0 saturated heterocycles. The Morgan fingerprint density at radius 3 is 2.54 bits per heavy atom. The molecule has 0 bridgehead atoms. The van der Waals surface area contributed by atoms with Gasteiger partial charge < -0.3 is 4.42 Å². The van der Waals surface area contributed by atoms with Gasteiger partial charge in [0.25, 0.3) is 11.6 Å². The Kier molecular flexibility index (Phi) is 4.66. The van der Waals surface area contributed by atoms with Crippen LogP contribution in [-0.2, 0) is 11.2 Å². The van der Waals surface area contributed by atoms with Gasteiger partial charge in [-0.15, -0.1) is 0 Å². The van der Waals surface area contributed by atoms with Crippen LogP contribution in [0.1, 0.15) is 21.5 Å². The van der Waals surface area contributed by atoms with Crippen molar-refractivity contribution in [1.29, 1.82) is 0 Å². The zero-order valence-corrected chi connectivity index (χ0v) is 13.8. The van der Waals surface area contributed by atoms with E-state index in [0.29, 0.717) is 11.1 Å². The number of furan rings is 1. The number of carbonyl (C=O) groups is 2. The first kappa shape index (κ1) is 17.2. The van der Waals surface area contributed by atoms with E-state index in [-0.39, 0.29) is 17.7 Å². The maximum absolute atomic E-state index is 12.1. The monoisotopic (exact) mass is 353 g/mol. The third-order valence-corrected chi connectivity index (χ3v) is 3.82. The molecule has 1 heterocycles. The largest absolute Gasteiger partial charge is 0.464 e. The van der Waals surface area contributed by atoms with Gasteiger partial charge in [-0.1, -0.05) is 11.6 Å². The van der Waals surface area contributed by atoms with Gasteiger partial charge in [0.05, 0.1) is 17.6 Å². The van der Waals surface area contributed by atoms with Crippen molar-refractivity contribution in [1.82, 2.24) is 10.9 Å². The van der Waals surface area contributed by atoms with E-state index in [2.05, 4.69) is 10.9 Å². The molecule has 8 heteroatoms. The van der Waals surface area contributed by atoms with Crippen LogP contribution in [-0.4, -0.2) is 16.7 Å². The third kappa shape index (κ3) is 3.69. The Balaban J connectivity index is 1.60. The summed E-state index contributed by atoms with van der Waals surface area (Å²) in [5.41, 5.74) is 7.13. The van der Waals surface area contributed by atoms with Gasteiger partial charge in [-0.2, -0.15) is 0 Å². The Labute approximate surface area is 147 Å². The highest BCUT2D eigenvalue weighted by atomic mass is 16.6. The molecule has 0 radical (unpaired) electrons. The van der Waals surface area contributed by atoms with Gasteiger partial charge in [-0.05, 0) is 31.2 Å². The summed E-state index contributed by atoms with van der Waals surface area (Å²) in [6.07, 6.45) is 1.55. The standard InChI is InChI=1S/C18H15N3O5/c1-11-2-7-16-15(8-11)13(10-26-16)9-17(22)19-20-18(23)12-3-5-14(6-4-12)21(24)25/h2-8,10H,9H2,1H3,(H,19,22)(H,20,23). The second-order valence-electron chi connectivity index (χ2n) is 5.74. The molecule has 2 aromatic carbocycles. The molecule has 0 saturated carbocycles. The maximum atomic E-state index is 12.1. The number of hydrazine groups is 1. The molecule has 0 unspecified atom stereocenters. The zero-order valence-electron chi connectivity index (χ0n) is 13.8. The SMILES string of the molecule is Cc1ccc2occ(CC(=O)NNC(=O)c3ccc([N+](=O)[O-])cc3)c2c1. The van der Waals surface area contributed by atoms with Crippen LogP contribution in [0, 0.1) is 17.0 Å². The van der Waals surface area contributed by atoms with Gasteiger partial charge in [0.2, 0.25) is 5.91 Å². The van der Waals surface area contributed by atoms with Crippen LogP contribution in [0.2, 0.25) is 0 Å². The van der Waals surface area contributed by atoms with Crippen LogP contribution in [0.5, 0.6) is 0 Å². The minimum atomic E-state index is -0.568. The van der Waals surface area contributed by atoms with Gasteiger partial charge in [-0.3, -0.25) is 30.6 Å². The Morgan fingerprint density at radius 2 is 1.85 bits per heavy atom. The van der Waals surface area contributed by atoms with Gasteiger partial charge in [0.15, 0.2) is 0 Å². The van der Waals surface area contributed by atoms with Gasteiger partial charge in [-0.25, -0.2) is 0 Å². The van der Waals surface area contributed by atoms with Crippen molar-refractivity contribution < 1.29 is 18.9 Å². The Morgan fingerprint density at radius 1 is 1.12 bits per heavy atom. The number of fused-ring (bicyclic) bond motifs is 1. The highest BCUT2D eigenvalue weighted by molar-refractivity contribution is 5.96. The van der Waals surface area contributed by atoms with Gasteiger partial charge >= 0.3 is 0 Å². The molecule has 8 nitrogen and oxygen atoms in total. The van der Waals surface area contributed by atoms with E-state index in [1.54, 1.807) is 0 Å². The number of rotatable bonds is 4. The first-order chi connectivity index (χ1) is 12.4.